The quantitative estimate of drug-likeness (QED) is 0.451. The molecular formula is C16H16FN3OS2. The van der Waals surface area contributed by atoms with Crippen LogP contribution in [0, 0.1) is 5.82 Å². The van der Waals surface area contributed by atoms with Gasteiger partial charge in [-0.25, -0.2) is 4.39 Å². The zero-order valence-electron chi connectivity index (χ0n) is 12.5. The Morgan fingerprint density at radius 3 is 2.57 bits per heavy atom. The van der Waals surface area contributed by atoms with Crippen molar-refractivity contribution in [3.63, 3.8) is 0 Å². The topological polar surface area (TPSA) is 53.2 Å². The van der Waals surface area contributed by atoms with Crippen LogP contribution in [0.3, 0.4) is 0 Å². The molecule has 0 atom stereocenters. The molecule has 2 aromatic rings. The lowest BCUT2D eigenvalue weighted by Crippen LogP contribution is -2.46. The van der Waals surface area contributed by atoms with Gasteiger partial charge < -0.3 is 5.32 Å². The molecule has 0 aliphatic carbocycles. The Bertz CT molecular complexity index is 725. The molecule has 0 unspecified atom stereocenters. The van der Waals surface area contributed by atoms with E-state index in [1.54, 1.807) is 18.2 Å². The Hall–Kier alpha value is -2.25. The summed E-state index contributed by atoms with van der Waals surface area (Å²) in [4.78, 5) is 13.5. The number of carbonyl (C=O) groups excluding carboxylic acids is 1. The van der Waals surface area contributed by atoms with Crippen LogP contribution in [0.2, 0.25) is 0 Å². The van der Waals surface area contributed by atoms with Gasteiger partial charge in [-0.2, -0.15) is 0 Å². The van der Waals surface area contributed by atoms with Crippen molar-refractivity contribution in [2.45, 2.75) is 6.92 Å². The molecule has 23 heavy (non-hydrogen) atoms. The third kappa shape index (κ3) is 5.15. The molecule has 4 nitrogen and oxygen atoms in total. The van der Waals surface area contributed by atoms with Crippen molar-refractivity contribution in [2.75, 3.05) is 6.54 Å². The van der Waals surface area contributed by atoms with E-state index in [9.17, 15) is 9.18 Å². The molecule has 0 bridgehead atoms. The van der Waals surface area contributed by atoms with E-state index in [0.717, 1.165) is 16.0 Å². The Morgan fingerprint density at radius 2 is 1.91 bits per heavy atom. The van der Waals surface area contributed by atoms with Gasteiger partial charge in [-0.05, 0) is 49.0 Å². The van der Waals surface area contributed by atoms with Crippen molar-refractivity contribution in [3.05, 3.63) is 59.2 Å². The van der Waals surface area contributed by atoms with Crippen molar-refractivity contribution < 1.29 is 9.18 Å². The number of rotatable bonds is 4. The van der Waals surface area contributed by atoms with Crippen LogP contribution >= 0.6 is 23.6 Å². The highest BCUT2D eigenvalue weighted by Gasteiger charge is 2.10. The Kier molecular flexibility index (Phi) is 5.84. The third-order valence-corrected chi connectivity index (χ3v) is 4.18. The van der Waals surface area contributed by atoms with Crippen LogP contribution in [-0.2, 0) is 0 Å². The van der Waals surface area contributed by atoms with Crippen LogP contribution in [0.1, 0.15) is 16.6 Å². The van der Waals surface area contributed by atoms with Crippen molar-refractivity contribution in [3.8, 4) is 10.4 Å². The average Bonchev–Trinajstić information content (AvgIpc) is 3.01. The predicted octanol–water partition coefficient (Wildman–Crippen LogP) is 3.24. The summed E-state index contributed by atoms with van der Waals surface area (Å²) in [5.74, 6) is -0.578. The molecule has 3 N–H and O–H groups in total. The van der Waals surface area contributed by atoms with Crippen molar-refractivity contribution >= 4 is 34.6 Å². The molecule has 0 aliphatic heterocycles. The number of benzene rings is 1. The lowest BCUT2D eigenvalue weighted by atomic mass is 10.2. The van der Waals surface area contributed by atoms with Crippen LogP contribution in [0.15, 0.2) is 48.6 Å². The molecule has 0 saturated carbocycles. The maximum atomic E-state index is 12.9. The van der Waals surface area contributed by atoms with Crippen LogP contribution in [0.25, 0.3) is 10.4 Å². The molecule has 0 aliphatic rings. The Labute approximate surface area is 143 Å². The highest BCUT2D eigenvalue weighted by Crippen LogP contribution is 2.28. The number of hydrazine groups is 1. The van der Waals surface area contributed by atoms with E-state index >= 15 is 0 Å². The second kappa shape index (κ2) is 7.85. The van der Waals surface area contributed by atoms with Crippen molar-refractivity contribution in [1.82, 2.24) is 16.2 Å². The number of thiophene rings is 1. The number of hydrogen-bond acceptors (Lipinski definition) is 3. The minimum absolute atomic E-state index is 0.289. The first-order chi connectivity index (χ1) is 11.0. The van der Waals surface area contributed by atoms with Gasteiger partial charge in [-0.1, -0.05) is 24.3 Å². The monoisotopic (exact) mass is 349 g/mol. The Balaban J connectivity index is 1.92. The van der Waals surface area contributed by atoms with E-state index in [0.29, 0.717) is 16.5 Å². The minimum Gasteiger partial charge on any atom is -0.358 e. The summed E-state index contributed by atoms with van der Waals surface area (Å²) >= 11 is 6.34. The van der Waals surface area contributed by atoms with Crippen molar-refractivity contribution in [2.24, 2.45) is 0 Å². The molecule has 0 fully saturated rings. The van der Waals surface area contributed by atoms with Gasteiger partial charge in [0.05, 0.1) is 4.88 Å². The van der Waals surface area contributed by atoms with Gasteiger partial charge >= 0.3 is 0 Å². The lowest BCUT2D eigenvalue weighted by Gasteiger charge is -2.10. The zero-order valence-corrected chi connectivity index (χ0v) is 14.1. The molecule has 0 spiro atoms. The molecule has 0 radical (unpaired) electrons. The van der Waals surface area contributed by atoms with Gasteiger partial charge in [-0.15, -0.1) is 11.3 Å². The van der Waals surface area contributed by atoms with Crippen molar-refractivity contribution in [1.29, 1.82) is 0 Å². The van der Waals surface area contributed by atoms with Crippen LogP contribution < -0.4 is 16.2 Å². The number of amides is 1. The molecule has 7 heteroatoms. The van der Waals surface area contributed by atoms with E-state index in [1.807, 2.05) is 13.0 Å². The van der Waals surface area contributed by atoms with Gasteiger partial charge in [0.15, 0.2) is 5.11 Å². The predicted molar refractivity (Wildman–Crippen MR) is 95.7 cm³/mol. The fourth-order valence-corrected chi connectivity index (χ4v) is 2.71. The summed E-state index contributed by atoms with van der Waals surface area (Å²) < 4.78 is 12.9. The smallest absolute Gasteiger partial charge is 0.279 e. The van der Waals surface area contributed by atoms with Gasteiger partial charge in [0.25, 0.3) is 5.91 Å². The lowest BCUT2D eigenvalue weighted by molar-refractivity contribution is 0.0948. The highest BCUT2D eigenvalue weighted by atomic mass is 32.1. The van der Waals surface area contributed by atoms with E-state index < -0.39 is 0 Å². The maximum Gasteiger partial charge on any atom is 0.279 e. The number of hydrogen-bond donors (Lipinski definition) is 3. The summed E-state index contributed by atoms with van der Waals surface area (Å²) in [6.45, 7) is 6.16. The molecule has 1 aromatic carbocycles. The summed E-state index contributed by atoms with van der Waals surface area (Å²) in [7, 11) is 0. The first-order valence-electron chi connectivity index (χ1n) is 6.80. The van der Waals surface area contributed by atoms with E-state index in [2.05, 4.69) is 22.7 Å². The molecule has 1 heterocycles. The Morgan fingerprint density at radius 1 is 1.22 bits per heavy atom. The molecular weight excluding hydrogens is 333 g/mol. The average molecular weight is 349 g/mol. The number of nitrogens with one attached hydrogen (secondary N) is 3. The first-order valence-corrected chi connectivity index (χ1v) is 8.02. The van der Waals surface area contributed by atoms with Gasteiger partial charge in [0.1, 0.15) is 5.82 Å². The van der Waals surface area contributed by atoms with Gasteiger partial charge in [0.2, 0.25) is 0 Å². The third-order valence-electron chi connectivity index (χ3n) is 2.80. The van der Waals surface area contributed by atoms with E-state index in [4.69, 9.17) is 12.2 Å². The van der Waals surface area contributed by atoms with Crippen LogP contribution in [0.5, 0.6) is 0 Å². The molecule has 1 aromatic heterocycles. The molecule has 2 rings (SSSR count). The summed E-state index contributed by atoms with van der Waals surface area (Å²) in [5, 5.41) is 3.22. The van der Waals surface area contributed by atoms with Gasteiger partial charge in [0, 0.05) is 11.4 Å². The zero-order chi connectivity index (χ0) is 16.8. The van der Waals surface area contributed by atoms with E-state index in [-0.39, 0.29) is 11.7 Å². The normalized spacial score (nSPS) is 10.0. The molecule has 1 amide bonds. The first kappa shape index (κ1) is 17.1. The summed E-state index contributed by atoms with van der Waals surface area (Å²) in [6.07, 6.45) is 0. The second-order valence-corrected chi connectivity index (χ2v) is 6.38. The standard InChI is InChI=1S/C16H16FN3OS2/c1-10(2)9-18-16(22)20-19-15(21)14-8-7-13(23-14)11-3-5-12(17)6-4-11/h3-8H,1,9H2,2H3,(H,19,21)(H2,18,20,22). The number of thiocarbonyl (C=S) groups is 1. The largest absolute Gasteiger partial charge is 0.358 e. The number of carbonyl (C=O) groups is 1. The molecule has 120 valence electrons. The second-order valence-electron chi connectivity index (χ2n) is 4.89. The van der Waals surface area contributed by atoms with Gasteiger partial charge in [-0.3, -0.25) is 15.6 Å². The van der Waals surface area contributed by atoms with Crippen LogP contribution in [0.4, 0.5) is 4.39 Å². The maximum absolute atomic E-state index is 12.9. The SMILES string of the molecule is C=C(C)CNC(=S)NNC(=O)c1ccc(-c2ccc(F)cc2)s1. The fraction of sp³-hybridized carbons (Fsp3) is 0.125. The number of halogens is 1. The summed E-state index contributed by atoms with van der Waals surface area (Å²) in [6, 6.07) is 9.68. The fourth-order valence-electron chi connectivity index (χ4n) is 1.68. The minimum atomic E-state index is -0.289. The van der Waals surface area contributed by atoms with E-state index in [1.165, 1.54) is 23.5 Å². The highest BCUT2D eigenvalue weighted by molar-refractivity contribution is 7.80. The summed E-state index contributed by atoms with van der Waals surface area (Å²) in [5.41, 5.74) is 6.95. The molecule has 0 saturated heterocycles. The van der Waals surface area contributed by atoms with Crippen LogP contribution in [-0.4, -0.2) is 17.6 Å².